The van der Waals surface area contributed by atoms with Crippen LogP contribution in [0, 0.1) is 15.9 Å². The predicted molar refractivity (Wildman–Crippen MR) is 80.4 cm³/mol. The summed E-state index contributed by atoms with van der Waals surface area (Å²) in [6, 6.07) is 2.05. The maximum atomic E-state index is 13.7. The van der Waals surface area contributed by atoms with E-state index in [-0.39, 0.29) is 17.3 Å². The first-order valence-corrected chi connectivity index (χ1v) is 7.61. The van der Waals surface area contributed by atoms with Gasteiger partial charge in [-0.05, 0) is 18.2 Å². The molecule has 1 aliphatic heterocycles. The molecule has 1 fully saturated rings. The Balaban J connectivity index is 2.40. The highest BCUT2D eigenvalue weighted by molar-refractivity contribution is 7.99. The van der Waals surface area contributed by atoms with Crippen LogP contribution in [0.25, 0.3) is 0 Å². The summed E-state index contributed by atoms with van der Waals surface area (Å²) in [6.45, 7) is 0. The van der Waals surface area contributed by atoms with Crippen LogP contribution in [0.15, 0.2) is 12.1 Å². The molecule has 1 unspecified atom stereocenters. The highest BCUT2D eigenvalue weighted by atomic mass is 32.2. The van der Waals surface area contributed by atoms with Crippen molar-refractivity contribution in [3.63, 3.8) is 0 Å². The van der Waals surface area contributed by atoms with Gasteiger partial charge < -0.3 is 10.2 Å². The molecule has 1 saturated heterocycles. The average molecular weight is 313 g/mol. The lowest BCUT2D eigenvalue weighted by atomic mass is 10.1. The number of nitro groups is 1. The van der Waals surface area contributed by atoms with Crippen molar-refractivity contribution in [2.75, 3.05) is 30.9 Å². The molecule has 0 bridgehead atoms. The molecule has 2 rings (SSSR count). The van der Waals surface area contributed by atoms with Crippen LogP contribution >= 0.6 is 11.8 Å². The lowest BCUT2D eigenvalue weighted by Gasteiger charge is -2.24. The number of carbonyl (C=O) groups is 1. The van der Waals surface area contributed by atoms with Gasteiger partial charge in [-0.3, -0.25) is 14.9 Å². The summed E-state index contributed by atoms with van der Waals surface area (Å²) < 4.78 is 13.7. The van der Waals surface area contributed by atoms with Crippen LogP contribution < -0.4 is 5.32 Å². The third kappa shape index (κ3) is 3.10. The minimum atomic E-state index is -0.750. The topological polar surface area (TPSA) is 75.5 Å². The third-order valence-electron chi connectivity index (χ3n) is 3.56. The number of rotatable bonds is 4. The summed E-state index contributed by atoms with van der Waals surface area (Å²) in [5, 5.41) is 13.7. The molecule has 6 nitrogen and oxygen atoms in total. The Morgan fingerprint density at radius 3 is 2.81 bits per heavy atom. The van der Waals surface area contributed by atoms with Crippen LogP contribution in [0.4, 0.5) is 15.8 Å². The van der Waals surface area contributed by atoms with E-state index in [9.17, 15) is 19.3 Å². The van der Waals surface area contributed by atoms with Crippen LogP contribution in [0.1, 0.15) is 16.8 Å². The number of halogens is 1. The molecule has 0 radical (unpaired) electrons. The molecular formula is C13H16FN3O3S. The number of hydrogen-bond acceptors (Lipinski definition) is 5. The van der Waals surface area contributed by atoms with Gasteiger partial charge in [-0.15, -0.1) is 0 Å². The van der Waals surface area contributed by atoms with Crippen molar-refractivity contribution in [3.8, 4) is 0 Å². The standard InChI is InChI=1S/C13H16FN3O3S/c1-15-11-5-9(12(17(19)20)6-10(11)14)13(18)16(2)8-3-4-21-7-8/h5-6,8,15H,3-4,7H2,1-2H3. The predicted octanol–water partition coefficient (Wildman–Crippen LogP) is 2.35. The Bertz CT molecular complexity index is 576. The van der Waals surface area contributed by atoms with E-state index in [0.29, 0.717) is 0 Å². The first kappa shape index (κ1) is 15.6. The fourth-order valence-electron chi connectivity index (χ4n) is 2.26. The van der Waals surface area contributed by atoms with Crippen LogP contribution in [0.2, 0.25) is 0 Å². The van der Waals surface area contributed by atoms with Gasteiger partial charge in [0, 0.05) is 25.9 Å². The van der Waals surface area contributed by atoms with E-state index in [1.165, 1.54) is 18.0 Å². The molecule has 1 heterocycles. The van der Waals surface area contributed by atoms with Crippen molar-refractivity contribution in [3.05, 3.63) is 33.6 Å². The Morgan fingerprint density at radius 1 is 1.57 bits per heavy atom. The van der Waals surface area contributed by atoms with Crippen molar-refractivity contribution >= 4 is 29.0 Å². The van der Waals surface area contributed by atoms with Crippen molar-refractivity contribution in [2.45, 2.75) is 12.5 Å². The van der Waals surface area contributed by atoms with Gasteiger partial charge in [0.15, 0.2) is 5.82 Å². The Kier molecular flexibility index (Phi) is 4.66. The van der Waals surface area contributed by atoms with E-state index >= 15 is 0 Å². The molecule has 0 saturated carbocycles. The molecule has 1 aliphatic rings. The van der Waals surface area contributed by atoms with Gasteiger partial charge >= 0.3 is 0 Å². The molecular weight excluding hydrogens is 297 g/mol. The number of nitrogens with one attached hydrogen (secondary N) is 1. The van der Waals surface area contributed by atoms with Gasteiger partial charge in [-0.25, -0.2) is 4.39 Å². The summed E-state index contributed by atoms with van der Waals surface area (Å²) in [5.74, 6) is 0.580. The SMILES string of the molecule is CNc1cc(C(=O)N(C)C2CCSC2)c([N+](=O)[O-])cc1F. The number of nitro benzene ring substituents is 1. The molecule has 1 N–H and O–H groups in total. The summed E-state index contributed by atoms with van der Waals surface area (Å²) in [6.07, 6.45) is 0.862. The van der Waals surface area contributed by atoms with Crippen LogP contribution in [0.3, 0.4) is 0 Å². The minimum Gasteiger partial charge on any atom is -0.386 e. The number of carbonyl (C=O) groups excluding carboxylic acids is 1. The van der Waals surface area contributed by atoms with Gasteiger partial charge in [-0.2, -0.15) is 11.8 Å². The fourth-order valence-corrected chi connectivity index (χ4v) is 3.53. The molecule has 1 aromatic rings. The summed E-state index contributed by atoms with van der Waals surface area (Å²) in [5.41, 5.74) is -0.530. The Morgan fingerprint density at radius 2 is 2.29 bits per heavy atom. The first-order chi connectivity index (χ1) is 9.95. The van der Waals surface area contributed by atoms with Gasteiger partial charge in [-0.1, -0.05) is 0 Å². The van der Waals surface area contributed by atoms with E-state index in [0.717, 1.165) is 24.0 Å². The van der Waals surface area contributed by atoms with Gasteiger partial charge in [0.25, 0.3) is 11.6 Å². The van der Waals surface area contributed by atoms with E-state index in [1.807, 2.05) is 0 Å². The summed E-state index contributed by atoms with van der Waals surface area (Å²) in [7, 11) is 3.13. The van der Waals surface area contributed by atoms with E-state index in [4.69, 9.17) is 0 Å². The van der Waals surface area contributed by atoms with E-state index in [1.54, 1.807) is 18.8 Å². The number of amides is 1. The zero-order valence-electron chi connectivity index (χ0n) is 11.8. The summed E-state index contributed by atoms with van der Waals surface area (Å²) in [4.78, 5) is 24.3. The van der Waals surface area contributed by atoms with Crippen molar-refractivity contribution in [1.82, 2.24) is 4.90 Å². The molecule has 0 aliphatic carbocycles. The second kappa shape index (κ2) is 6.30. The second-order valence-electron chi connectivity index (χ2n) is 4.79. The van der Waals surface area contributed by atoms with Crippen LogP contribution in [0.5, 0.6) is 0 Å². The van der Waals surface area contributed by atoms with E-state index < -0.39 is 22.3 Å². The minimum absolute atomic E-state index is 0.0604. The maximum absolute atomic E-state index is 13.7. The second-order valence-corrected chi connectivity index (χ2v) is 5.94. The first-order valence-electron chi connectivity index (χ1n) is 6.46. The summed E-state index contributed by atoms with van der Waals surface area (Å²) >= 11 is 1.74. The third-order valence-corrected chi connectivity index (χ3v) is 4.70. The molecule has 1 atom stereocenters. The number of nitrogens with zero attached hydrogens (tertiary/aromatic N) is 2. The number of hydrogen-bond donors (Lipinski definition) is 1. The van der Waals surface area contributed by atoms with Gasteiger partial charge in [0.2, 0.25) is 0 Å². The zero-order valence-corrected chi connectivity index (χ0v) is 12.6. The number of anilines is 1. The van der Waals surface area contributed by atoms with Crippen molar-refractivity contribution in [2.24, 2.45) is 0 Å². The molecule has 21 heavy (non-hydrogen) atoms. The molecule has 0 aromatic heterocycles. The van der Waals surface area contributed by atoms with Crippen molar-refractivity contribution < 1.29 is 14.1 Å². The van der Waals surface area contributed by atoms with E-state index in [2.05, 4.69) is 5.32 Å². The largest absolute Gasteiger partial charge is 0.386 e. The molecule has 8 heteroatoms. The molecule has 114 valence electrons. The molecule has 1 amide bonds. The Labute approximate surface area is 125 Å². The Hall–Kier alpha value is -1.83. The highest BCUT2D eigenvalue weighted by Gasteiger charge is 2.30. The lowest BCUT2D eigenvalue weighted by Crippen LogP contribution is -2.37. The maximum Gasteiger partial charge on any atom is 0.285 e. The monoisotopic (exact) mass is 313 g/mol. The normalized spacial score (nSPS) is 17.6. The molecule has 0 spiro atoms. The quantitative estimate of drug-likeness (QED) is 0.682. The lowest BCUT2D eigenvalue weighted by molar-refractivity contribution is -0.385. The fraction of sp³-hybridized carbons (Fsp3) is 0.462. The van der Waals surface area contributed by atoms with Crippen LogP contribution in [-0.4, -0.2) is 47.4 Å². The average Bonchev–Trinajstić information content (AvgIpc) is 2.99. The molecule has 1 aromatic carbocycles. The van der Waals surface area contributed by atoms with Gasteiger partial charge in [0.1, 0.15) is 5.56 Å². The zero-order chi connectivity index (χ0) is 15.6. The van der Waals surface area contributed by atoms with Crippen molar-refractivity contribution in [1.29, 1.82) is 0 Å². The van der Waals surface area contributed by atoms with Crippen LogP contribution in [-0.2, 0) is 0 Å². The van der Waals surface area contributed by atoms with Gasteiger partial charge in [0.05, 0.1) is 16.7 Å². The number of benzene rings is 1. The smallest absolute Gasteiger partial charge is 0.285 e. The highest BCUT2D eigenvalue weighted by Crippen LogP contribution is 2.29. The number of thioether (sulfide) groups is 1.